The first-order chi connectivity index (χ1) is 15.7. The second-order valence-electron chi connectivity index (χ2n) is 8.30. The quantitative estimate of drug-likeness (QED) is 0.490. The standard InChI is InChI=1S/C24H22N6O2/c31-23(19-7-4-11-30-16-26-28-22(19)30)29-12-9-24(10-13-29)20-18(8-14-32-24)15-25-21(27-20)17-5-2-1-3-6-17/h1-7,11,15-16H,8-10,12-14H2. The molecular formula is C24H22N6O2. The number of amides is 1. The van der Waals surface area contributed by atoms with Gasteiger partial charge in [-0.25, -0.2) is 9.97 Å². The second kappa shape index (κ2) is 7.49. The third kappa shape index (κ3) is 3.06. The van der Waals surface area contributed by atoms with Gasteiger partial charge in [0.05, 0.1) is 17.9 Å². The molecule has 0 unspecified atom stereocenters. The lowest BCUT2D eigenvalue weighted by molar-refractivity contribution is -0.0966. The highest BCUT2D eigenvalue weighted by Crippen LogP contribution is 2.41. The lowest BCUT2D eigenvalue weighted by atomic mass is 9.83. The zero-order chi connectivity index (χ0) is 21.5. The van der Waals surface area contributed by atoms with Crippen LogP contribution in [0.3, 0.4) is 0 Å². The van der Waals surface area contributed by atoms with Crippen molar-refractivity contribution in [2.24, 2.45) is 0 Å². The van der Waals surface area contributed by atoms with E-state index in [2.05, 4.69) is 15.2 Å². The second-order valence-corrected chi connectivity index (χ2v) is 8.30. The van der Waals surface area contributed by atoms with Crippen molar-refractivity contribution in [1.29, 1.82) is 0 Å². The zero-order valence-electron chi connectivity index (χ0n) is 17.5. The molecule has 8 nitrogen and oxygen atoms in total. The Bertz CT molecular complexity index is 1290. The average Bonchev–Trinajstić information content (AvgIpc) is 3.34. The number of hydrogen-bond acceptors (Lipinski definition) is 6. The van der Waals surface area contributed by atoms with Crippen LogP contribution in [0.4, 0.5) is 0 Å². The van der Waals surface area contributed by atoms with Crippen LogP contribution in [-0.4, -0.2) is 55.1 Å². The third-order valence-electron chi connectivity index (χ3n) is 6.49. The van der Waals surface area contributed by atoms with Crippen molar-refractivity contribution in [2.75, 3.05) is 19.7 Å². The first-order valence-electron chi connectivity index (χ1n) is 10.9. The predicted octanol–water partition coefficient (Wildman–Crippen LogP) is 2.89. The minimum Gasteiger partial charge on any atom is -0.368 e. The number of piperidine rings is 1. The molecule has 0 N–H and O–H groups in total. The summed E-state index contributed by atoms with van der Waals surface area (Å²) in [6.07, 6.45) is 7.60. The number of ether oxygens (including phenoxy) is 1. The SMILES string of the molecule is O=C(c1cccn2cnnc12)N1CCC2(CC1)OCCc1cnc(-c3ccccc3)nc12. The summed E-state index contributed by atoms with van der Waals surface area (Å²) < 4.78 is 8.13. The normalized spacial score (nSPS) is 17.4. The van der Waals surface area contributed by atoms with Crippen molar-refractivity contribution in [3.63, 3.8) is 0 Å². The Balaban J connectivity index is 1.28. The van der Waals surface area contributed by atoms with E-state index in [1.807, 2.05) is 59.8 Å². The Morgan fingerprint density at radius 3 is 2.75 bits per heavy atom. The highest BCUT2D eigenvalue weighted by molar-refractivity contribution is 5.99. The summed E-state index contributed by atoms with van der Waals surface area (Å²) in [5.74, 6) is 0.688. The van der Waals surface area contributed by atoms with E-state index in [9.17, 15) is 4.79 Å². The molecule has 0 bridgehead atoms. The Morgan fingerprint density at radius 1 is 1.06 bits per heavy atom. The number of carbonyl (C=O) groups is 1. The van der Waals surface area contributed by atoms with E-state index < -0.39 is 5.60 Å². The minimum absolute atomic E-state index is 0.0258. The molecule has 1 saturated heterocycles. The summed E-state index contributed by atoms with van der Waals surface area (Å²) in [5, 5.41) is 8.03. The largest absolute Gasteiger partial charge is 0.368 e. The summed E-state index contributed by atoms with van der Waals surface area (Å²) in [6, 6.07) is 13.7. The summed E-state index contributed by atoms with van der Waals surface area (Å²) >= 11 is 0. The molecule has 8 heteroatoms. The van der Waals surface area contributed by atoms with Crippen LogP contribution in [0, 0.1) is 0 Å². The van der Waals surface area contributed by atoms with Crippen molar-refractivity contribution in [2.45, 2.75) is 24.9 Å². The van der Waals surface area contributed by atoms with E-state index in [1.54, 1.807) is 10.7 Å². The Labute approximate surface area is 184 Å². The highest BCUT2D eigenvalue weighted by Gasteiger charge is 2.43. The van der Waals surface area contributed by atoms with Crippen molar-refractivity contribution < 1.29 is 9.53 Å². The molecule has 0 atom stereocenters. The average molecular weight is 426 g/mol. The van der Waals surface area contributed by atoms with E-state index in [-0.39, 0.29) is 5.91 Å². The van der Waals surface area contributed by atoms with Crippen molar-refractivity contribution >= 4 is 11.6 Å². The Kier molecular flexibility index (Phi) is 4.46. The predicted molar refractivity (Wildman–Crippen MR) is 117 cm³/mol. The maximum atomic E-state index is 13.2. The maximum Gasteiger partial charge on any atom is 0.257 e. The Hall–Kier alpha value is -3.65. The third-order valence-corrected chi connectivity index (χ3v) is 6.49. The molecule has 0 saturated carbocycles. The van der Waals surface area contributed by atoms with Gasteiger partial charge in [0, 0.05) is 31.0 Å². The number of carbonyl (C=O) groups excluding carboxylic acids is 1. The molecule has 5 heterocycles. The van der Waals surface area contributed by atoms with Gasteiger partial charge in [-0.2, -0.15) is 0 Å². The summed E-state index contributed by atoms with van der Waals surface area (Å²) in [7, 11) is 0. The summed E-state index contributed by atoms with van der Waals surface area (Å²) in [6.45, 7) is 1.84. The molecule has 160 valence electrons. The van der Waals surface area contributed by atoms with E-state index in [0.717, 1.165) is 23.2 Å². The van der Waals surface area contributed by atoms with Crippen LogP contribution in [0.2, 0.25) is 0 Å². The van der Waals surface area contributed by atoms with Crippen molar-refractivity contribution in [3.8, 4) is 11.4 Å². The number of hydrogen-bond donors (Lipinski definition) is 0. The highest BCUT2D eigenvalue weighted by atomic mass is 16.5. The molecule has 6 rings (SSSR count). The first kappa shape index (κ1) is 19.1. The molecule has 1 amide bonds. The van der Waals surface area contributed by atoms with E-state index in [4.69, 9.17) is 9.72 Å². The van der Waals surface area contributed by atoms with Gasteiger partial charge in [0.1, 0.15) is 11.9 Å². The molecule has 1 fully saturated rings. The zero-order valence-corrected chi connectivity index (χ0v) is 17.5. The van der Waals surface area contributed by atoms with Crippen LogP contribution in [0.1, 0.15) is 34.5 Å². The molecule has 32 heavy (non-hydrogen) atoms. The topological polar surface area (TPSA) is 85.5 Å². The molecule has 2 aliphatic heterocycles. The number of likely N-dealkylation sites (tertiary alicyclic amines) is 1. The number of aromatic nitrogens is 5. The van der Waals surface area contributed by atoms with E-state index >= 15 is 0 Å². The molecule has 1 aromatic carbocycles. The molecule has 0 aliphatic carbocycles. The smallest absolute Gasteiger partial charge is 0.257 e. The van der Waals surface area contributed by atoms with Gasteiger partial charge in [-0.05, 0) is 37.0 Å². The van der Waals surface area contributed by atoms with Crippen LogP contribution in [0.25, 0.3) is 17.0 Å². The van der Waals surface area contributed by atoms with Gasteiger partial charge in [-0.15, -0.1) is 10.2 Å². The number of fused-ring (bicyclic) bond motifs is 3. The molecule has 3 aromatic heterocycles. The van der Waals surface area contributed by atoms with Gasteiger partial charge in [-0.1, -0.05) is 30.3 Å². The van der Waals surface area contributed by atoms with Gasteiger partial charge in [-0.3, -0.25) is 9.20 Å². The number of nitrogens with zero attached hydrogens (tertiary/aromatic N) is 6. The minimum atomic E-state index is -0.474. The van der Waals surface area contributed by atoms with Crippen LogP contribution < -0.4 is 0 Å². The van der Waals surface area contributed by atoms with Gasteiger partial charge in [0.25, 0.3) is 5.91 Å². The lowest BCUT2D eigenvalue weighted by Gasteiger charge is -2.44. The molecular weight excluding hydrogens is 404 g/mol. The van der Waals surface area contributed by atoms with Crippen LogP contribution in [0.15, 0.2) is 61.2 Å². The summed E-state index contributed by atoms with van der Waals surface area (Å²) in [5.41, 5.74) is 3.78. The fourth-order valence-electron chi connectivity index (χ4n) is 4.78. The van der Waals surface area contributed by atoms with E-state index in [0.29, 0.717) is 49.6 Å². The maximum absolute atomic E-state index is 13.2. The number of pyridine rings is 1. The molecule has 2 aliphatic rings. The summed E-state index contributed by atoms with van der Waals surface area (Å²) in [4.78, 5) is 24.7. The van der Waals surface area contributed by atoms with Gasteiger partial charge in [0.2, 0.25) is 0 Å². The first-order valence-corrected chi connectivity index (χ1v) is 10.9. The molecule has 0 radical (unpaired) electrons. The van der Waals surface area contributed by atoms with Crippen LogP contribution in [0.5, 0.6) is 0 Å². The molecule has 4 aromatic rings. The number of rotatable bonds is 2. The molecule has 1 spiro atoms. The fraction of sp³-hybridized carbons (Fsp3) is 0.292. The van der Waals surface area contributed by atoms with Gasteiger partial charge >= 0.3 is 0 Å². The fourth-order valence-corrected chi connectivity index (χ4v) is 4.78. The number of benzene rings is 1. The van der Waals surface area contributed by atoms with Gasteiger partial charge in [0.15, 0.2) is 11.5 Å². The van der Waals surface area contributed by atoms with Crippen LogP contribution >= 0.6 is 0 Å². The monoisotopic (exact) mass is 426 g/mol. The lowest BCUT2D eigenvalue weighted by Crippen LogP contribution is -2.49. The van der Waals surface area contributed by atoms with Gasteiger partial charge < -0.3 is 9.64 Å². The van der Waals surface area contributed by atoms with Crippen molar-refractivity contribution in [3.05, 3.63) is 78.0 Å². The Morgan fingerprint density at radius 2 is 1.91 bits per heavy atom. The van der Waals surface area contributed by atoms with Crippen molar-refractivity contribution in [1.82, 2.24) is 29.5 Å². The van der Waals surface area contributed by atoms with E-state index in [1.165, 1.54) is 0 Å². The van der Waals surface area contributed by atoms with Crippen LogP contribution in [-0.2, 0) is 16.8 Å².